The summed E-state index contributed by atoms with van der Waals surface area (Å²) in [7, 11) is 0. The number of rotatable bonds is 3. The molecule has 6 heteroatoms. The zero-order valence-electron chi connectivity index (χ0n) is 14.4. The third-order valence-electron chi connectivity index (χ3n) is 4.56. The summed E-state index contributed by atoms with van der Waals surface area (Å²) in [6, 6.07) is 16.4. The first-order valence-corrected chi connectivity index (χ1v) is 9.93. The van der Waals surface area contributed by atoms with Gasteiger partial charge in [0.2, 0.25) is 0 Å². The van der Waals surface area contributed by atoms with Crippen molar-refractivity contribution in [3.8, 4) is 0 Å². The maximum absolute atomic E-state index is 12.9. The molecule has 2 aromatic carbocycles. The molecule has 1 aliphatic rings. The van der Waals surface area contributed by atoms with E-state index in [1.54, 1.807) is 29.2 Å². The number of nitrogens with zero attached hydrogens (tertiary/aromatic N) is 1. The van der Waals surface area contributed by atoms with Crippen LogP contribution < -0.4 is 10.2 Å². The van der Waals surface area contributed by atoms with E-state index in [0.717, 1.165) is 24.1 Å². The highest BCUT2D eigenvalue weighted by Crippen LogP contribution is 2.32. The second kappa shape index (κ2) is 7.55. The highest BCUT2D eigenvalue weighted by Gasteiger charge is 2.24. The lowest BCUT2D eigenvalue weighted by atomic mass is 10.0. The van der Waals surface area contributed by atoms with Gasteiger partial charge in [0.05, 0.1) is 15.5 Å². The first-order chi connectivity index (χ1) is 13.1. The lowest BCUT2D eigenvalue weighted by Gasteiger charge is -2.29. The molecule has 1 aromatic heterocycles. The number of carbonyl (C=O) groups excluding carboxylic acids is 2. The van der Waals surface area contributed by atoms with Gasteiger partial charge in [-0.05, 0) is 54.1 Å². The Kier molecular flexibility index (Phi) is 4.97. The van der Waals surface area contributed by atoms with Crippen LogP contribution in [-0.2, 0) is 6.42 Å². The van der Waals surface area contributed by atoms with Crippen LogP contribution in [0.25, 0.3) is 0 Å². The number of hydrogen-bond donors (Lipinski definition) is 1. The van der Waals surface area contributed by atoms with Crippen molar-refractivity contribution < 1.29 is 9.59 Å². The van der Waals surface area contributed by atoms with Gasteiger partial charge in [-0.2, -0.15) is 0 Å². The number of benzene rings is 2. The molecule has 0 saturated carbocycles. The Morgan fingerprint density at radius 1 is 1.07 bits per heavy atom. The van der Waals surface area contributed by atoms with E-state index in [-0.39, 0.29) is 11.8 Å². The van der Waals surface area contributed by atoms with Crippen molar-refractivity contribution in [2.24, 2.45) is 0 Å². The molecule has 0 atom stereocenters. The van der Waals surface area contributed by atoms with Crippen LogP contribution in [0.1, 0.15) is 32.0 Å². The largest absolute Gasteiger partial charge is 0.322 e. The van der Waals surface area contributed by atoms with E-state index >= 15 is 0 Å². The summed E-state index contributed by atoms with van der Waals surface area (Å²) in [6.07, 6.45) is 1.84. The number of thiophene rings is 1. The molecule has 0 radical (unpaired) electrons. The molecular weight excluding hydrogens is 380 g/mol. The van der Waals surface area contributed by atoms with Crippen molar-refractivity contribution in [1.29, 1.82) is 0 Å². The van der Waals surface area contributed by atoms with Crippen molar-refractivity contribution in [2.75, 3.05) is 16.8 Å². The van der Waals surface area contributed by atoms with Crippen LogP contribution in [0, 0.1) is 0 Å². The molecule has 136 valence electrons. The lowest BCUT2D eigenvalue weighted by molar-refractivity contribution is 0.0987. The summed E-state index contributed by atoms with van der Waals surface area (Å²) < 4.78 is 0. The first-order valence-electron chi connectivity index (χ1n) is 8.67. The fourth-order valence-corrected chi connectivity index (χ4v) is 4.13. The van der Waals surface area contributed by atoms with Gasteiger partial charge in [0, 0.05) is 17.9 Å². The molecule has 1 N–H and O–H groups in total. The van der Waals surface area contributed by atoms with E-state index in [4.69, 9.17) is 11.6 Å². The Labute approximate surface area is 166 Å². The van der Waals surface area contributed by atoms with Crippen molar-refractivity contribution in [1.82, 2.24) is 0 Å². The van der Waals surface area contributed by atoms with Crippen LogP contribution in [0.4, 0.5) is 11.4 Å². The SMILES string of the molecule is O=C(Nc1ccc2c(c1)N(C(=O)c1cccs1)CCC2)c1ccccc1Cl. The quantitative estimate of drug-likeness (QED) is 0.657. The fraction of sp³-hybridized carbons (Fsp3) is 0.143. The first kappa shape index (κ1) is 17.8. The van der Waals surface area contributed by atoms with Gasteiger partial charge < -0.3 is 10.2 Å². The average molecular weight is 397 g/mol. The molecule has 2 heterocycles. The molecule has 0 spiro atoms. The maximum Gasteiger partial charge on any atom is 0.268 e. The normalized spacial score (nSPS) is 13.1. The van der Waals surface area contributed by atoms with E-state index in [2.05, 4.69) is 5.32 Å². The Balaban J connectivity index is 1.62. The molecule has 27 heavy (non-hydrogen) atoms. The van der Waals surface area contributed by atoms with E-state index in [1.807, 2.05) is 35.7 Å². The molecule has 4 nitrogen and oxygen atoms in total. The molecule has 0 fully saturated rings. The molecular formula is C21H17ClN2O2S. The molecule has 1 aliphatic heterocycles. The van der Waals surface area contributed by atoms with Crippen LogP contribution >= 0.6 is 22.9 Å². The third-order valence-corrected chi connectivity index (χ3v) is 5.74. The number of hydrogen-bond acceptors (Lipinski definition) is 3. The lowest BCUT2D eigenvalue weighted by Crippen LogP contribution is -2.35. The average Bonchev–Trinajstić information content (AvgIpc) is 3.22. The van der Waals surface area contributed by atoms with Gasteiger partial charge in [-0.1, -0.05) is 35.9 Å². The molecule has 0 bridgehead atoms. The van der Waals surface area contributed by atoms with Crippen LogP contribution in [-0.4, -0.2) is 18.4 Å². The van der Waals surface area contributed by atoms with E-state index < -0.39 is 0 Å². The number of aryl methyl sites for hydroxylation is 1. The standard InChI is InChI=1S/C21H17ClN2O2S/c22-17-7-2-1-6-16(17)20(25)23-15-10-9-14-5-3-11-24(18(14)13-15)21(26)19-8-4-12-27-19/h1-2,4,6-10,12-13H,3,5,11H2,(H,23,25). The third kappa shape index (κ3) is 3.61. The Morgan fingerprint density at radius 2 is 1.93 bits per heavy atom. The zero-order valence-corrected chi connectivity index (χ0v) is 16.0. The van der Waals surface area contributed by atoms with Gasteiger partial charge in [-0.25, -0.2) is 0 Å². The van der Waals surface area contributed by atoms with Crippen molar-refractivity contribution in [3.05, 3.63) is 81.0 Å². The van der Waals surface area contributed by atoms with E-state index in [9.17, 15) is 9.59 Å². The minimum absolute atomic E-state index is 0.000491. The Hall–Kier alpha value is -2.63. The number of amides is 2. The number of fused-ring (bicyclic) bond motifs is 1. The van der Waals surface area contributed by atoms with Gasteiger partial charge >= 0.3 is 0 Å². The number of nitrogens with one attached hydrogen (secondary N) is 1. The predicted octanol–water partition coefficient (Wildman–Crippen LogP) is 5.25. The molecule has 0 aliphatic carbocycles. The van der Waals surface area contributed by atoms with Gasteiger partial charge in [0.1, 0.15) is 0 Å². The van der Waals surface area contributed by atoms with Crippen LogP contribution in [0.3, 0.4) is 0 Å². The summed E-state index contributed by atoms with van der Waals surface area (Å²) in [5.74, 6) is -0.270. The summed E-state index contributed by atoms with van der Waals surface area (Å²) in [5.41, 5.74) is 3.03. The van der Waals surface area contributed by atoms with Crippen molar-refractivity contribution in [2.45, 2.75) is 12.8 Å². The number of carbonyl (C=O) groups is 2. The van der Waals surface area contributed by atoms with Gasteiger partial charge in [-0.15, -0.1) is 11.3 Å². The molecule has 0 saturated heterocycles. The molecule has 3 aromatic rings. The van der Waals surface area contributed by atoms with E-state index in [1.165, 1.54) is 11.3 Å². The minimum Gasteiger partial charge on any atom is -0.322 e. The molecule has 2 amide bonds. The summed E-state index contributed by atoms with van der Waals surface area (Å²) >= 11 is 7.55. The maximum atomic E-state index is 12.9. The van der Waals surface area contributed by atoms with Crippen LogP contribution in [0.15, 0.2) is 60.0 Å². The van der Waals surface area contributed by atoms with E-state index in [0.29, 0.717) is 27.7 Å². The monoisotopic (exact) mass is 396 g/mol. The highest BCUT2D eigenvalue weighted by atomic mass is 35.5. The van der Waals surface area contributed by atoms with Crippen molar-refractivity contribution >= 4 is 46.1 Å². The Bertz CT molecular complexity index is 1000. The number of anilines is 2. The van der Waals surface area contributed by atoms with Gasteiger partial charge in [0.25, 0.3) is 11.8 Å². The fourth-order valence-electron chi connectivity index (χ4n) is 3.24. The zero-order chi connectivity index (χ0) is 18.8. The highest BCUT2D eigenvalue weighted by molar-refractivity contribution is 7.12. The molecule has 4 rings (SSSR count). The summed E-state index contributed by atoms with van der Waals surface area (Å²) in [6.45, 7) is 0.672. The topological polar surface area (TPSA) is 49.4 Å². The minimum atomic E-state index is -0.271. The number of halogens is 1. The summed E-state index contributed by atoms with van der Waals surface area (Å²) in [4.78, 5) is 27.9. The van der Waals surface area contributed by atoms with Gasteiger partial charge in [0.15, 0.2) is 0 Å². The van der Waals surface area contributed by atoms with Crippen molar-refractivity contribution in [3.63, 3.8) is 0 Å². The smallest absolute Gasteiger partial charge is 0.268 e. The molecule has 0 unspecified atom stereocenters. The van der Waals surface area contributed by atoms with Crippen LogP contribution in [0.2, 0.25) is 5.02 Å². The Morgan fingerprint density at radius 3 is 2.70 bits per heavy atom. The predicted molar refractivity (Wildman–Crippen MR) is 110 cm³/mol. The second-order valence-corrected chi connectivity index (χ2v) is 7.67. The van der Waals surface area contributed by atoms with Crippen LogP contribution in [0.5, 0.6) is 0 Å². The van der Waals surface area contributed by atoms with Gasteiger partial charge in [-0.3, -0.25) is 9.59 Å². The second-order valence-electron chi connectivity index (χ2n) is 6.32. The summed E-state index contributed by atoms with van der Waals surface area (Å²) in [5, 5.41) is 5.19.